The third-order valence-corrected chi connectivity index (χ3v) is 5.41. The quantitative estimate of drug-likeness (QED) is 0.558. The number of aromatic nitrogens is 1. The summed E-state index contributed by atoms with van der Waals surface area (Å²) in [5, 5.41) is 7.52. The van der Waals surface area contributed by atoms with E-state index in [1.165, 1.54) is 6.07 Å². The molecule has 6 nitrogen and oxygen atoms in total. The van der Waals surface area contributed by atoms with Crippen LogP contribution in [-0.4, -0.2) is 62.7 Å². The number of benzene rings is 1. The molecule has 0 radical (unpaired) electrons. The van der Waals surface area contributed by atoms with Crippen molar-refractivity contribution in [3.05, 3.63) is 59.0 Å². The van der Waals surface area contributed by atoms with Gasteiger partial charge < -0.3 is 20.4 Å². The van der Waals surface area contributed by atoms with E-state index in [2.05, 4.69) is 30.4 Å². The van der Waals surface area contributed by atoms with Gasteiger partial charge in [0.05, 0.1) is 11.1 Å². The Morgan fingerprint density at radius 2 is 2.21 bits per heavy atom. The average Bonchev–Trinajstić information content (AvgIpc) is 3.15. The van der Waals surface area contributed by atoms with Gasteiger partial charge in [-0.05, 0) is 50.3 Å². The van der Waals surface area contributed by atoms with Crippen LogP contribution in [0.15, 0.2) is 47.6 Å². The number of hydrogen-bond acceptors (Lipinski definition) is 4. The summed E-state index contributed by atoms with van der Waals surface area (Å²) in [7, 11) is 5.72. The van der Waals surface area contributed by atoms with Crippen LogP contribution >= 0.6 is 11.6 Å². The Morgan fingerprint density at radius 1 is 1.38 bits per heavy atom. The van der Waals surface area contributed by atoms with Gasteiger partial charge in [0, 0.05) is 38.9 Å². The van der Waals surface area contributed by atoms with Gasteiger partial charge in [-0.15, -0.1) is 0 Å². The molecule has 2 heterocycles. The molecule has 29 heavy (non-hydrogen) atoms. The summed E-state index contributed by atoms with van der Waals surface area (Å²) in [6, 6.07) is 10.7. The highest BCUT2D eigenvalue weighted by Gasteiger charge is 2.25. The number of halogens is 2. The van der Waals surface area contributed by atoms with Crippen LogP contribution in [0.2, 0.25) is 5.02 Å². The van der Waals surface area contributed by atoms with Crippen LogP contribution in [0.1, 0.15) is 18.0 Å². The number of aliphatic imine (C=N–C) groups is 1. The van der Waals surface area contributed by atoms with E-state index in [9.17, 15) is 4.39 Å². The minimum absolute atomic E-state index is 0.0247. The Bertz CT molecular complexity index is 843. The maximum absolute atomic E-state index is 13.6. The molecule has 1 aliphatic heterocycles. The first-order valence-corrected chi connectivity index (χ1v) is 10.1. The SMILES string of the molecule is CN=C(NCC(c1cccc(F)c1)N(C)C)NC1CCN(c2ncccc2Cl)C1. The molecule has 8 heteroatoms. The molecule has 2 aromatic rings. The first-order valence-electron chi connectivity index (χ1n) is 9.72. The summed E-state index contributed by atoms with van der Waals surface area (Å²) in [4.78, 5) is 13.0. The predicted octanol–water partition coefficient (Wildman–Crippen LogP) is 2.92. The van der Waals surface area contributed by atoms with Crippen LogP contribution in [-0.2, 0) is 0 Å². The molecule has 0 saturated carbocycles. The second-order valence-electron chi connectivity index (χ2n) is 7.37. The highest BCUT2D eigenvalue weighted by Crippen LogP contribution is 2.25. The summed E-state index contributed by atoms with van der Waals surface area (Å²) in [5.41, 5.74) is 0.926. The summed E-state index contributed by atoms with van der Waals surface area (Å²) in [6.07, 6.45) is 2.73. The van der Waals surface area contributed by atoms with E-state index in [0.717, 1.165) is 36.9 Å². The largest absolute Gasteiger partial charge is 0.354 e. The minimum Gasteiger partial charge on any atom is -0.354 e. The maximum Gasteiger partial charge on any atom is 0.191 e. The van der Waals surface area contributed by atoms with Crippen molar-refractivity contribution in [1.29, 1.82) is 0 Å². The van der Waals surface area contributed by atoms with E-state index >= 15 is 0 Å². The third kappa shape index (κ3) is 5.58. The summed E-state index contributed by atoms with van der Waals surface area (Å²) >= 11 is 6.28. The Hall–Kier alpha value is -2.38. The first kappa shape index (κ1) is 21.3. The summed E-state index contributed by atoms with van der Waals surface area (Å²) < 4.78 is 13.6. The zero-order chi connectivity index (χ0) is 20.8. The molecule has 0 bridgehead atoms. The molecule has 1 aliphatic rings. The Balaban J connectivity index is 1.57. The second-order valence-corrected chi connectivity index (χ2v) is 7.78. The van der Waals surface area contributed by atoms with Gasteiger partial charge in [-0.25, -0.2) is 9.37 Å². The lowest BCUT2D eigenvalue weighted by atomic mass is 10.1. The zero-order valence-electron chi connectivity index (χ0n) is 17.1. The number of hydrogen-bond donors (Lipinski definition) is 2. The molecule has 0 spiro atoms. The summed E-state index contributed by atoms with van der Waals surface area (Å²) in [6.45, 7) is 2.30. The monoisotopic (exact) mass is 418 g/mol. The number of guanidine groups is 1. The lowest BCUT2D eigenvalue weighted by molar-refractivity contribution is 0.297. The van der Waals surface area contributed by atoms with Crippen molar-refractivity contribution in [2.75, 3.05) is 45.7 Å². The van der Waals surface area contributed by atoms with E-state index in [1.54, 1.807) is 25.4 Å². The number of nitrogens with zero attached hydrogens (tertiary/aromatic N) is 4. The van der Waals surface area contributed by atoms with Crippen molar-refractivity contribution >= 4 is 23.4 Å². The van der Waals surface area contributed by atoms with Gasteiger partial charge in [0.15, 0.2) is 5.96 Å². The van der Waals surface area contributed by atoms with Gasteiger partial charge >= 0.3 is 0 Å². The average molecular weight is 419 g/mol. The van der Waals surface area contributed by atoms with Crippen LogP contribution in [0, 0.1) is 5.82 Å². The van der Waals surface area contributed by atoms with E-state index in [1.807, 2.05) is 32.3 Å². The number of rotatable bonds is 6. The lowest BCUT2D eigenvalue weighted by Crippen LogP contribution is -2.46. The molecule has 1 aromatic carbocycles. The minimum atomic E-state index is -0.226. The second kappa shape index (κ2) is 9.89. The summed E-state index contributed by atoms with van der Waals surface area (Å²) in [5.74, 6) is 1.32. The van der Waals surface area contributed by atoms with Crippen LogP contribution in [0.5, 0.6) is 0 Å². The molecule has 1 aromatic heterocycles. The molecule has 2 N–H and O–H groups in total. The third-order valence-electron chi connectivity index (χ3n) is 5.11. The Kier molecular flexibility index (Phi) is 7.28. The smallest absolute Gasteiger partial charge is 0.191 e. The zero-order valence-corrected chi connectivity index (χ0v) is 17.8. The maximum atomic E-state index is 13.6. The Labute approximate surface area is 176 Å². The fraction of sp³-hybridized carbons (Fsp3) is 0.429. The van der Waals surface area contributed by atoms with E-state index in [0.29, 0.717) is 11.6 Å². The van der Waals surface area contributed by atoms with Crippen molar-refractivity contribution in [3.8, 4) is 0 Å². The molecule has 156 valence electrons. The number of pyridine rings is 1. The van der Waals surface area contributed by atoms with Gasteiger partial charge in [0.2, 0.25) is 0 Å². The molecule has 1 saturated heterocycles. The van der Waals surface area contributed by atoms with Crippen LogP contribution in [0.3, 0.4) is 0 Å². The highest BCUT2D eigenvalue weighted by molar-refractivity contribution is 6.32. The van der Waals surface area contributed by atoms with Gasteiger partial charge in [-0.1, -0.05) is 23.7 Å². The number of nitrogens with one attached hydrogen (secondary N) is 2. The standard InChI is InChI=1S/C21H28ClFN6/c1-24-21(26-13-19(28(2)3)15-6-4-7-16(23)12-15)27-17-9-11-29(14-17)20-18(22)8-5-10-25-20/h4-8,10,12,17,19H,9,11,13-14H2,1-3H3,(H2,24,26,27). The van der Waals surface area contributed by atoms with Gasteiger partial charge in [-0.2, -0.15) is 0 Å². The highest BCUT2D eigenvalue weighted by atomic mass is 35.5. The van der Waals surface area contributed by atoms with Crippen molar-refractivity contribution in [1.82, 2.24) is 20.5 Å². The number of likely N-dealkylation sites (N-methyl/N-ethyl adjacent to an activating group) is 1. The van der Waals surface area contributed by atoms with Gasteiger partial charge in [0.1, 0.15) is 11.6 Å². The molecule has 2 atom stereocenters. The van der Waals surface area contributed by atoms with Crippen LogP contribution < -0.4 is 15.5 Å². The topological polar surface area (TPSA) is 55.8 Å². The van der Waals surface area contributed by atoms with Crippen molar-refractivity contribution in [2.24, 2.45) is 4.99 Å². The van der Waals surface area contributed by atoms with E-state index in [4.69, 9.17) is 11.6 Å². The van der Waals surface area contributed by atoms with E-state index in [-0.39, 0.29) is 17.9 Å². The lowest BCUT2D eigenvalue weighted by Gasteiger charge is -2.27. The molecular formula is C21H28ClFN6. The molecule has 2 unspecified atom stereocenters. The van der Waals surface area contributed by atoms with Crippen molar-refractivity contribution in [3.63, 3.8) is 0 Å². The van der Waals surface area contributed by atoms with Gasteiger partial charge in [-0.3, -0.25) is 4.99 Å². The first-order chi connectivity index (χ1) is 14.0. The number of anilines is 1. The van der Waals surface area contributed by atoms with Crippen molar-refractivity contribution < 1.29 is 4.39 Å². The molecule has 3 rings (SSSR count). The molecule has 0 aliphatic carbocycles. The van der Waals surface area contributed by atoms with E-state index < -0.39 is 0 Å². The predicted molar refractivity (Wildman–Crippen MR) is 117 cm³/mol. The normalized spacial score (nSPS) is 18.2. The molecular weight excluding hydrogens is 391 g/mol. The van der Waals surface area contributed by atoms with Crippen LogP contribution in [0.4, 0.5) is 10.2 Å². The van der Waals surface area contributed by atoms with Gasteiger partial charge in [0.25, 0.3) is 0 Å². The molecule has 0 amide bonds. The fourth-order valence-electron chi connectivity index (χ4n) is 3.57. The van der Waals surface area contributed by atoms with Crippen LogP contribution in [0.25, 0.3) is 0 Å². The fourth-order valence-corrected chi connectivity index (χ4v) is 3.82. The Morgan fingerprint density at radius 3 is 2.90 bits per heavy atom. The molecule has 1 fully saturated rings. The van der Waals surface area contributed by atoms with Crippen molar-refractivity contribution in [2.45, 2.75) is 18.5 Å².